The molecule has 0 saturated carbocycles. The summed E-state index contributed by atoms with van der Waals surface area (Å²) in [5.74, 6) is -1.49. The molecule has 1 aliphatic rings. The third-order valence-corrected chi connectivity index (χ3v) is 7.34. The molecule has 0 radical (unpaired) electrons. The highest BCUT2D eigenvalue weighted by atomic mass is 16.3. The highest BCUT2D eigenvalue weighted by Gasteiger charge is 2.47. The number of fused-ring (bicyclic) bond motifs is 1. The number of nitrogens with zero attached hydrogens (tertiary/aromatic N) is 1. The van der Waals surface area contributed by atoms with Crippen molar-refractivity contribution in [3.63, 3.8) is 0 Å². The third-order valence-electron chi connectivity index (χ3n) is 7.34. The van der Waals surface area contributed by atoms with Crippen LogP contribution in [0.5, 0.6) is 0 Å². The van der Waals surface area contributed by atoms with Crippen LogP contribution in [0.15, 0.2) is 90.5 Å². The quantitative estimate of drug-likeness (QED) is 0.186. The van der Waals surface area contributed by atoms with Crippen LogP contribution in [0.1, 0.15) is 54.6 Å². The number of ketones is 1. The maximum Gasteiger partial charge on any atom is 0.300 e. The summed E-state index contributed by atoms with van der Waals surface area (Å²) in [6.07, 6.45) is 0. The number of Topliss-reactive ketones (excluding diaryl/α,β-unsaturated/α-hetero) is 1. The smallest absolute Gasteiger partial charge is 0.300 e. The van der Waals surface area contributed by atoms with Crippen molar-refractivity contribution in [3.05, 3.63) is 118 Å². The van der Waals surface area contributed by atoms with Crippen LogP contribution >= 0.6 is 0 Å². The molecular formula is C33H31NO3. The van der Waals surface area contributed by atoms with E-state index in [1.165, 1.54) is 0 Å². The molecule has 37 heavy (non-hydrogen) atoms. The third kappa shape index (κ3) is 4.23. The average Bonchev–Trinajstić information content (AvgIpc) is 3.14. The summed E-state index contributed by atoms with van der Waals surface area (Å²) < 4.78 is 0. The van der Waals surface area contributed by atoms with E-state index in [9.17, 15) is 14.7 Å². The second-order valence-electron chi connectivity index (χ2n) is 10.8. The minimum atomic E-state index is -0.763. The van der Waals surface area contributed by atoms with Crippen LogP contribution in [0.3, 0.4) is 0 Å². The van der Waals surface area contributed by atoms with E-state index in [2.05, 4.69) is 20.8 Å². The van der Waals surface area contributed by atoms with Gasteiger partial charge in [0.05, 0.1) is 17.3 Å². The zero-order chi connectivity index (χ0) is 26.5. The van der Waals surface area contributed by atoms with E-state index in [0.29, 0.717) is 11.3 Å². The van der Waals surface area contributed by atoms with Crippen molar-refractivity contribution in [1.82, 2.24) is 0 Å². The van der Waals surface area contributed by atoms with E-state index in [0.717, 1.165) is 33.0 Å². The normalized spacial score (nSPS) is 17.5. The van der Waals surface area contributed by atoms with Gasteiger partial charge >= 0.3 is 0 Å². The molecule has 0 aliphatic carbocycles. The van der Waals surface area contributed by atoms with Crippen molar-refractivity contribution >= 4 is 33.9 Å². The van der Waals surface area contributed by atoms with Gasteiger partial charge in [-0.1, -0.05) is 93.6 Å². The number of aryl methyl sites for hydroxylation is 2. The number of rotatable bonds is 3. The van der Waals surface area contributed by atoms with Gasteiger partial charge in [0.25, 0.3) is 11.7 Å². The number of amides is 1. The Bertz CT molecular complexity index is 1570. The van der Waals surface area contributed by atoms with E-state index >= 15 is 0 Å². The monoisotopic (exact) mass is 489 g/mol. The Labute approximate surface area is 217 Å². The van der Waals surface area contributed by atoms with Gasteiger partial charge in [-0.2, -0.15) is 0 Å². The van der Waals surface area contributed by atoms with Crippen LogP contribution in [-0.4, -0.2) is 16.8 Å². The lowest BCUT2D eigenvalue weighted by molar-refractivity contribution is -0.132. The molecule has 4 nitrogen and oxygen atoms in total. The number of anilines is 1. The lowest BCUT2D eigenvalue weighted by atomic mass is 9.85. The Hall–Kier alpha value is -4.18. The summed E-state index contributed by atoms with van der Waals surface area (Å²) in [5, 5.41) is 13.3. The largest absolute Gasteiger partial charge is 0.507 e. The Morgan fingerprint density at radius 2 is 1.49 bits per heavy atom. The van der Waals surface area contributed by atoms with Gasteiger partial charge in [-0.05, 0) is 59.0 Å². The van der Waals surface area contributed by atoms with Gasteiger partial charge in [0.15, 0.2) is 0 Å². The number of hydrogen-bond acceptors (Lipinski definition) is 3. The molecule has 4 heteroatoms. The molecule has 1 aliphatic heterocycles. The first-order valence-electron chi connectivity index (χ1n) is 12.5. The highest BCUT2D eigenvalue weighted by molar-refractivity contribution is 6.52. The van der Waals surface area contributed by atoms with E-state index in [4.69, 9.17) is 0 Å². The molecule has 4 aromatic carbocycles. The van der Waals surface area contributed by atoms with E-state index < -0.39 is 17.7 Å². The molecule has 186 valence electrons. The van der Waals surface area contributed by atoms with Crippen LogP contribution in [-0.2, 0) is 15.0 Å². The first-order valence-corrected chi connectivity index (χ1v) is 12.5. The second-order valence-corrected chi connectivity index (χ2v) is 10.8. The molecule has 1 heterocycles. The number of carbonyl (C=O) groups excluding carboxylic acids is 2. The van der Waals surface area contributed by atoms with Gasteiger partial charge < -0.3 is 5.11 Å². The standard InChI is InChI=1S/C33H31NO3/c1-20-13-14-24(19-21(20)2)30(35)28-29(23-15-17-25(18-16-23)33(3,4)5)34(32(37)31(28)36)27-12-8-10-22-9-6-7-11-26(22)27/h6-19,29,35H,1-5H3/b30-28+. The van der Waals surface area contributed by atoms with Gasteiger partial charge in [-0.25, -0.2) is 0 Å². The van der Waals surface area contributed by atoms with Crippen molar-refractivity contribution in [2.45, 2.75) is 46.1 Å². The molecule has 0 spiro atoms. The van der Waals surface area contributed by atoms with Gasteiger partial charge in [-0.15, -0.1) is 0 Å². The molecule has 1 fully saturated rings. The first kappa shape index (κ1) is 24.5. The Morgan fingerprint density at radius 3 is 2.16 bits per heavy atom. The van der Waals surface area contributed by atoms with Crippen LogP contribution < -0.4 is 4.90 Å². The van der Waals surface area contributed by atoms with Crippen molar-refractivity contribution in [3.8, 4) is 0 Å². The van der Waals surface area contributed by atoms with E-state index in [1.54, 1.807) is 11.0 Å². The summed E-state index contributed by atoms with van der Waals surface area (Å²) in [6.45, 7) is 10.4. The summed E-state index contributed by atoms with van der Waals surface area (Å²) in [7, 11) is 0. The number of benzene rings is 4. The molecule has 4 aromatic rings. The molecule has 0 aromatic heterocycles. The van der Waals surface area contributed by atoms with E-state index in [-0.39, 0.29) is 16.7 Å². The topological polar surface area (TPSA) is 57.6 Å². The Kier molecular flexibility index (Phi) is 5.99. The Balaban J connectivity index is 1.76. The minimum absolute atomic E-state index is 0.0462. The molecule has 1 N–H and O–H groups in total. The molecule has 5 rings (SSSR count). The number of carbonyl (C=O) groups is 2. The van der Waals surface area contributed by atoms with Gasteiger partial charge in [0.2, 0.25) is 0 Å². The van der Waals surface area contributed by atoms with Crippen LogP contribution in [0.25, 0.3) is 16.5 Å². The van der Waals surface area contributed by atoms with Crippen LogP contribution in [0.4, 0.5) is 5.69 Å². The summed E-state index contributed by atoms with van der Waals surface area (Å²) in [6, 6.07) is 26.3. The zero-order valence-electron chi connectivity index (χ0n) is 21.9. The second kappa shape index (κ2) is 9.04. The molecule has 1 unspecified atom stereocenters. The Morgan fingerprint density at radius 1 is 0.811 bits per heavy atom. The minimum Gasteiger partial charge on any atom is -0.507 e. The van der Waals surface area contributed by atoms with Gasteiger partial charge in [-0.3, -0.25) is 14.5 Å². The number of aliphatic hydroxyl groups is 1. The average molecular weight is 490 g/mol. The SMILES string of the molecule is Cc1ccc(/C(O)=C2\C(=O)C(=O)N(c3cccc4ccccc34)C2c2ccc(C(C)(C)C)cc2)cc1C. The van der Waals surface area contributed by atoms with E-state index in [1.807, 2.05) is 92.7 Å². The van der Waals surface area contributed by atoms with Crippen molar-refractivity contribution < 1.29 is 14.7 Å². The predicted octanol–water partition coefficient (Wildman–Crippen LogP) is 7.38. The molecule has 1 atom stereocenters. The molecule has 1 saturated heterocycles. The van der Waals surface area contributed by atoms with Crippen molar-refractivity contribution in [1.29, 1.82) is 0 Å². The maximum atomic E-state index is 13.7. The number of hydrogen-bond donors (Lipinski definition) is 1. The van der Waals surface area contributed by atoms with Crippen LogP contribution in [0.2, 0.25) is 0 Å². The summed E-state index contributed by atoms with van der Waals surface area (Å²) in [4.78, 5) is 28.8. The highest BCUT2D eigenvalue weighted by Crippen LogP contribution is 2.44. The maximum absolute atomic E-state index is 13.7. The van der Waals surface area contributed by atoms with Gasteiger partial charge in [0.1, 0.15) is 5.76 Å². The summed E-state index contributed by atoms with van der Waals surface area (Å²) >= 11 is 0. The van der Waals surface area contributed by atoms with Crippen molar-refractivity contribution in [2.24, 2.45) is 0 Å². The first-order chi connectivity index (χ1) is 17.6. The fraction of sp³-hybridized carbons (Fsp3) is 0.212. The lowest BCUT2D eigenvalue weighted by Crippen LogP contribution is -2.29. The number of aliphatic hydroxyl groups excluding tert-OH is 1. The lowest BCUT2D eigenvalue weighted by Gasteiger charge is -2.27. The van der Waals surface area contributed by atoms with Crippen LogP contribution in [0, 0.1) is 13.8 Å². The molecular weight excluding hydrogens is 458 g/mol. The zero-order valence-corrected chi connectivity index (χ0v) is 21.9. The summed E-state index contributed by atoms with van der Waals surface area (Å²) in [5.41, 5.74) is 5.22. The fourth-order valence-corrected chi connectivity index (χ4v) is 5.02. The predicted molar refractivity (Wildman–Crippen MR) is 150 cm³/mol. The fourth-order valence-electron chi connectivity index (χ4n) is 5.02. The molecule has 1 amide bonds. The van der Waals surface area contributed by atoms with Gasteiger partial charge in [0, 0.05) is 10.9 Å². The molecule has 0 bridgehead atoms. The van der Waals surface area contributed by atoms with Crippen molar-refractivity contribution in [2.75, 3.05) is 4.90 Å².